The van der Waals surface area contributed by atoms with Gasteiger partial charge in [-0.2, -0.15) is 0 Å². The van der Waals surface area contributed by atoms with Gasteiger partial charge in [0.2, 0.25) is 0 Å². The number of hydrogen-bond acceptors (Lipinski definition) is 5. The molecule has 5 nitrogen and oxygen atoms in total. The first-order chi connectivity index (χ1) is 12.7. The fourth-order valence-electron chi connectivity index (χ4n) is 2.35. The van der Waals surface area contributed by atoms with Crippen LogP contribution in [0.25, 0.3) is 23.2 Å². The number of hydrogen-bond donors (Lipinski definition) is 1. The van der Waals surface area contributed by atoms with Crippen LogP contribution in [-0.2, 0) is 9.53 Å². The molecule has 0 saturated carbocycles. The number of para-hydroxylation sites is 2. The average Bonchev–Trinajstić information content (AvgIpc) is 2.70. The zero-order valence-electron chi connectivity index (χ0n) is 14.3. The third-order valence-electron chi connectivity index (χ3n) is 3.67. The summed E-state index contributed by atoms with van der Waals surface area (Å²) in [4.78, 5) is 19.9. The van der Waals surface area contributed by atoms with Gasteiger partial charge in [0.15, 0.2) is 0 Å². The quantitative estimate of drug-likeness (QED) is 0.399. The summed E-state index contributed by atoms with van der Waals surface area (Å²) in [5.41, 5.74) is 4.60. The van der Waals surface area contributed by atoms with Crippen LogP contribution in [-0.4, -0.2) is 29.1 Å². The lowest BCUT2D eigenvalue weighted by atomic mass is 10.2. The van der Waals surface area contributed by atoms with Crippen LogP contribution in [0.3, 0.4) is 0 Å². The van der Waals surface area contributed by atoms with E-state index in [1.807, 2.05) is 60.7 Å². The third-order valence-corrected chi connectivity index (χ3v) is 3.67. The summed E-state index contributed by atoms with van der Waals surface area (Å²) in [5, 5.41) is 3.19. The number of carbonyl (C=O) groups excluding carboxylic acids is 1. The highest BCUT2D eigenvalue weighted by Crippen LogP contribution is 2.13. The smallest absolute Gasteiger partial charge is 0.330 e. The first-order valence-electron chi connectivity index (χ1n) is 8.27. The molecular weight excluding hydrogens is 326 g/mol. The van der Waals surface area contributed by atoms with Gasteiger partial charge in [-0.25, -0.2) is 9.78 Å². The van der Waals surface area contributed by atoms with Gasteiger partial charge in [0.05, 0.1) is 22.9 Å². The molecule has 0 saturated heterocycles. The lowest BCUT2D eigenvalue weighted by molar-refractivity contribution is -0.137. The minimum absolute atomic E-state index is 0.299. The second-order valence-corrected chi connectivity index (χ2v) is 5.54. The fourth-order valence-corrected chi connectivity index (χ4v) is 2.35. The summed E-state index contributed by atoms with van der Waals surface area (Å²) in [6.45, 7) is 4.19. The van der Waals surface area contributed by atoms with Crippen molar-refractivity contribution in [2.24, 2.45) is 0 Å². The number of rotatable bonds is 7. The molecule has 0 radical (unpaired) electrons. The first kappa shape index (κ1) is 17.4. The van der Waals surface area contributed by atoms with Crippen molar-refractivity contribution < 1.29 is 9.53 Å². The summed E-state index contributed by atoms with van der Waals surface area (Å²) >= 11 is 0. The maximum Gasteiger partial charge on any atom is 0.330 e. The Morgan fingerprint density at radius 1 is 1.08 bits per heavy atom. The van der Waals surface area contributed by atoms with E-state index in [2.05, 4.69) is 21.9 Å². The number of nitrogens with zero attached hydrogens (tertiary/aromatic N) is 2. The van der Waals surface area contributed by atoms with Crippen molar-refractivity contribution in [1.29, 1.82) is 0 Å². The molecule has 1 aromatic heterocycles. The topological polar surface area (TPSA) is 64.1 Å². The van der Waals surface area contributed by atoms with Crippen molar-refractivity contribution in [2.75, 3.05) is 18.5 Å². The highest BCUT2D eigenvalue weighted by Gasteiger charge is 1.97. The SMILES string of the molecule is C=CC(=O)OCCNc1ccc(C=Cc2cnc3ccccc3n2)cc1. The van der Waals surface area contributed by atoms with Crippen LogP contribution in [0.2, 0.25) is 0 Å². The van der Waals surface area contributed by atoms with Crippen molar-refractivity contribution in [2.45, 2.75) is 0 Å². The molecule has 26 heavy (non-hydrogen) atoms. The van der Waals surface area contributed by atoms with Gasteiger partial charge < -0.3 is 10.1 Å². The second kappa shape index (κ2) is 8.58. The predicted molar refractivity (Wildman–Crippen MR) is 105 cm³/mol. The lowest BCUT2D eigenvalue weighted by Gasteiger charge is -2.06. The first-order valence-corrected chi connectivity index (χ1v) is 8.27. The minimum Gasteiger partial charge on any atom is -0.461 e. The Labute approximate surface area is 152 Å². The fraction of sp³-hybridized carbons (Fsp3) is 0.0952. The lowest BCUT2D eigenvalue weighted by Crippen LogP contribution is -2.12. The molecule has 2 aromatic carbocycles. The van der Waals surface area contributed by atoms with Gasteiger partial charge in [0, 0.05) is 18.3 Å². The van der Waals surface area contributed by atoms with E-state index in [4.69, 9.17) is 4.74 Å². The molecule has 3 aromatic rings. The van der Waals surface area contributed by atoms with Gasteiger partial charge >= 0.3 is 5.97 Å². The van der Waals surface area contributed by atoms with E-state index in [1.165, 1.54) is 0 Å². The maximum atomic E-state index is 10.9. The zero-order chi connectivity index (χ0) is 18.2. The van der Waals surface area contributed by atoms with E-state index in [0.29, 0.717) is 13.2 Å². The molecule has 1 heterocycles. The van der Waals surface area contributed by atoms with Crippen molar-refractivity contribution in [1.82, 2.24) is 9.97 Å². The zero-order valence-corrected chi connectivity index (χ0v) is 14.3. The molecule has 0 aliphatic carbocycles. The van der Waals surface area contributed by atoms with Crippen LogP contribution >= 0.6 is 0 Å². The predicted octanol–water partition coefficient (Wildman–Crippen LogP) is 3.94. The molecule has 0 bridgehead atoms. The van der Waals surface area contributed by atoms with Gasteiger partial charge in [0.25, 0.3) is 0 Å². The standard InChI is InChI=1S/C21H19N3O2/c1-2-21(25)26-14-13-22-17-10-7-16(8-11-17)9-12-18-15-23-19-5-3-4-6-20(19)24-18/h2-12,15,22H,1,13-14H2. The van der Waals surface area contributed by atoms with Crippen molar-refractivity contribution >= 4 is 34.8 Å². The molecule has 5 heteroatoms. The van der Waals surface area contributed by atoms with E-state index < -0.39 is 5.97 Å². The summed E-state index contributed by atoms with van der Waals surface area (Å²) < 4.78 is 4.91. The summed E-state index contributed by atoms with van der Waals surface area (Å²) in [7, 11) is 0. The minimum atomic E-state index is -0.413. The highest BCUT2D eigenvalue weighted by atomic mass is 16.5. The molecule has 0 aliphatic rings. The van der Waals surface area contributed by atoms with Crippen LogP contribution in [0.1, 0.15) is 11.3 Å². The normalized spacial score (nSPS) is 10.8. The summed E-state index contributed by atoms with van der Waals surface area (Å²) in [5.74, 6) is -0.413. The summed E-state index contributed by atoms with van der Waals surface area (Å²) in [6.07, 6.45) is 6.85. The molecule has 0 amide bonds. The van der Waals surface area contributed by atoms with Crippen LogP contribution < -0.4 is 5.32 Å². The monoisotopic (exact) mass is 345 g/mol. The largest absolute Gasteiger partial charge is 0.461 e. The van der Waals surface area contributed by atoms with E-state index in [-0.39, 0.29) is 0 Å². The van der Waals surface area contributed by atoms with Crippen molar-refractivity contribution in [3.63, 3.8) is 0 Å². The van der Waals surface area contributed by atoms with Crippen LogP contribution in [0.5, 0.6) is 0 Å². The Balaban J connectivity index is 1.56. The molecule has 1 N–H and O–H groups in total. The Morgan fingerprint density at radius 3 is 2.62 bits per heavy atom. The van der Waals surface area contributed by atoms with Gasteiger partial charge in [-0.05, 0) is 35.9 Å². The van der Waals surface area contributed by atoms with Crippen molar-refractivity contribution in [3.05, 3.63) is 78.6 Å². The van der Waals surface area contributed by atoms with Crippen molar-refractivity contribution in [3.8, 4) is 0 Å². The number of benzene rings is 2. The Morgan fingerprint density at radius 2 is 1.85 bits per heavy atom. The van der Waals surface area contributed by atoms with E-state index in [9.17, 15) is 4.79 Å². The van der Waals surface area contributed by atoms with Crippen LogP contribution in [0, 0.1) is 0 Å². The molecular formula is C21H19N3O2. The molecule has 0 aliphatic heterocycles. The van der Waals surface area contributed by atoms with E-state index >= 15 is 0 Å². The Hall–Kier alpha value is -3.47. The van der Waals surface area contributed by atoms with Gasteiger partial charge in [-0.3, -0.25) is 4.98 Å². The van der Waals surface area contributed by atoms with Crippen LogP contribution in [0.4, 0.5) is 5.69 Å². The van der Waals surface area contributed by atoms with Gasteiger partial charge in [-0.15, -0.1) is 0 Å². The van der Waals surface area contributed by atoms with E-state index in [0.717, 1.165) is 34.1 Å². The maximum absolute atomic E-state index is 10.9. The van der Waals surface area contributed by atoms with Gasteiger partial charge in [0.1, 0.15) is 6.61 Å². The number of anilines is 1. The third kappa shape index (κ3) is 4.77. The molecule has 0 unspecified atom stereocenters. The number of aromatic nitrogens is 2. The molecule has 0 spiro atoms. The molecule has 130 valence electrons. The molecule has 0 atom stereocenters. The highest BCUT2D eigenvalue weighted by molar-refractivity contribution is 5.81. The number of carbonyl (C=O) groups is 1. The molecule has 0 fully saturated rings. The van der Waals surface area contributed by atoms with E-state index in [1.54, 1.807) is 6.20 Å². The number of ether oxygens (including phenoxy) is 1. The van der Waals surface area contributed by atoms with Gasteiger partial charge in [-0.1, -0.05) is 36.9 Å². The van der Waals surface area contributed by atoms with Crippen LogP contribution in [0.15, 0.2) is 67.4 Å². The Bertz CT molecular complexity index is 933. The number of nitrogens with one attached hydrogen (secondary N) is 1. The second-order valence-electron chi connectivity index (χ2n) is 5.54. The average molecular weight is 345 g/mol. The summed E-state index contributed by atoms with van der Waals surface area (Å²) in [6, 6.07) is 15.8. The number of esters is 1. The molecule has 3 rings (SSSR count). The number of fused-ring (bicyclic) bond motifs is 1. The Kier molecular flexibility index (Phi) is 5.72.